The largest absolute Gasteiger partial charge is 0.240 e. The van der Waals surface area contributed by atoms with Crippen molar-refractivity contribution in [3.8, 4) is 0 Å². The first-order valence-corrected chi connectivity index (χ1v) is 8.63. The van der Waals surface area contributed by atoms with Crippen molar-refractivity contribution in [1.82, 2.24) is 4.72 Å². The van der Waals surface area contributed by atoms with E-state index in [0.717, 1.165) is 15.7 Å². The van der Waals surface area contributed by atoms with Gasteiger partial charge in [-0.3, -0.25) is 0 Å². The maximum absolute atomic E-state index is 13.7. The predicted octanol–water partition coefficient (Wildman–Crippen LogP) is 3.70. The maximum atomic E-state index is 13.7. The van der Waals surface area contributed by atoms with E-state index < -0.39 is 33.8 Å². The topological polar surface area (TPSA) is 46.2 Å². The van der Waals surface area contributed by atoms with Crippen LogP contribution in [-0.4, -0.2) is 8.42 Å². The van der Waals surface area contributed by atoms with Gasteiger partial charge < -0.3 is 0 Å². The second-order valence-electron chi connectivity index (χ2n) is 4.10. The highest BCUT2D eigenvalue weighted by molar-refractivity contribution is 14.1. The molecule has 0 aliphatic heterocycles. The monoisotopic (exact) mass is 443 g/mol. The summed E-state index contributed by atoms with van der Waals surface area (Å²) >= 11 is 7.59. The van der Waals surface area contributed by atoms with E-state index in [1.165, 1.54) is 12.1 Å². The summed E-state index contributed by atoms with van der Waals surface area (Å²) in [6.45, 7) is -0.521. The third-order valence-corrected chi connectivity index (χ3v) is 5.13. The molecular formula is C13H9ClF2INO2S. The van der Waals surface area contributed by atoms with E-state index in [-0.39, 0.29) is 9.92 Å². The molecule has 0 heterocycles. The quantitative estimate of drug-likeness (QED) is 0.579. The number of hydrogen-bond donors (Lipinski definition) is 1. The van der Waals surface area contributed by atoms with Crippen molar-refractivity contribution < 1.29 is 17.2 Å². The maximum Gasteiger partial charge on any atom is 0.240 e. The third kappa shape index (κ3) is 3.91. The highest BCUT2D eigenvalue weighted by Crippen LogP contribution is 2.21. The molecule has 0 aliphatic carbocycles. The lowest BCUT2D eigenvalue weighted by Crippen LogP contribution is -2.24. The van der Waals surface area contributed by atoms with Crippen molar-refractivity contribution in [2.75, 3.05) is 0 Å². The molecule has 0 aliphatic rings. The number of rotatable bonds is 4. The van der Waals surface area contributed by atoms with Crippen LogP contribution in [-0.2, 0) is 16.6 Å². The van der Waals surface area contributed by atoms with Gasteiger partial charge in [-0.15, -0.1) is 0 Å². The molecule has 0 spiro atoms. The fourth-order valence-corrected chi connectivity index (χ4v) is 3.13. The van der Waals surface area contributed by atoms with E-state index in [9.17, 15) is 17.2 Å². The van der Waals surface area contributed by atoms with Crippen LogP contribution >= 0.6 is 34.2 Å². The van der Waals surface area contributed by atoms with Crippen LogP contribution in [0.2, 0.25) is 5.02 Å². The zero-order valence-electron chi connectivity index (χ0n) is 10.4. The number of sulfonamides is 1. The van der Waals surface area contributed by atoms with Crippen molar-refractivity contribution in [3.63, 3.8) is 0 Å². The van der Waals surface area contributed by atoms with Gasteiger partial charge >= 0.3 is 0 Å². The van der Waals surface area contributed by atoms with Crippen LogP contribution in [0, 0.1) is 15.2 Å². The highest BCUT2D eigenvalue weighted by Gasteiger charge is 2.18. The lowest BCUT2D eigenvalue weighted by Gasteiger charge is -2.09. The summed E-state index contributed by atoms with van der Waals surface area (Å²) in [5.41, 5.74) is -0.420. The van der Waals surface area contributed by atoms with Crippen molar-refractivity contribution in [1.29, 1.82) is 0 Å². The van der Waals surface area contributed by atoms with Crippen LogP contribution in [0.25, 0.3) is 0 Å². The average Bonchev–Trinajstić information content (AvgIpc) is 2.43. The van der Waals surface area contributed by atoms with E-state index in [2.05, 4.69) is 4.72 Å². The minimum Gasteiger partial charge on any atom is -0.207 e. The van der Waals surface area contributed by atoms with Gasteiger partial charge in [0.2, 0.25) is 10.0 Å². The molecule has 0 bridgehead atoms. The lowest BCUT2D eigenvalue weighted by molar-refractivity contribution is 0.544. The molecular weight excluding hydrogens is 435 g/mol. The zero-order chi connectivity index (χ0) is 15.6. The van der Waals surface area contributed by atoms with Crippen LogP contribution in [0.1, 0.15) is 5.56 Å². The average molecular weight is 444 g/mol. The number of hydrogen-bond acceptors (Lipinski definition) is 2. The molecule has 0 amide bonds. The minimum absolute atomic E-state index is 0.0192. The van der Waals surface area contributed by atoms with Gasteiger partial charge in [-0.05, 0) is 59.0 Å². The smallest absolute Gasteiger partial charge is 0.207 e. The van der Waals surface area contributed by atoms with Crippen molar-refractivity contribution in [2.45, 2.75) is 11.4 Å². The summed E-state index contributed by atoms with van der Waals surface area (Å²) in [6, 6.07) is 8.12. The summed E-state index contributed by atoms with van der Waals surface area (Å²) in [5, 5.41) is -0.264. The van der Waals surface area contributed by atoms with Crippen LogP contribution in [0.4, 0.5) is 8.78 Å². The molecule has 0 fully saturated rings. The molecule has 0 atom stereocenters. The predicted molar refractivity (Wildman–Crippen MR) is 84.6 cm³/mol. The van der Waals surface area contributed by atoms with Crippen molar-refractivity contribution in [2.24, 2.45) is 0 Å². The Balaban J connectivity index is 2.23. The number of halogens is 4. The van der Waals surface area contributed by atoms with Gasteiger partial charge in [0.05, 0.1) is 9.92 Å². The van der Waals surface area contributed by atoms with E-state index in [1.807, 2.05) is 22.6 Å². The van der Waals surface area contributed by atoms with Gasteiger partial charge in [-0.25, -0.2) is 21.9 Å². The first kappa shape index (κ1) is 16.6. The Hall–Kier alpha value is -0.770. The second kappa shape index (κ2) is 6.55. The Morgan fingerprint density at radius 1 is 1.10 bits per heavy atom. The normalized spacial score (nSPS) is 11.6. The van der Waals surface area contributed by atoms with Crippen LogP contribution in [0.15, 0.2) is 41.3 Å². The first-order chi connectivity index (χ1) is 9.81. The summed E-state index contributed by atoms with van der Waals surface area (Å²) in [5.74, 6) is -1.83. The van der Waals surface area contributed by atoms with Gasteiger partial charge in [0.15, 0.2) is 0 Å². The van der Waals surface area contributed by atoms with Crippen LogP contribution in [0.5, 0.6) is 0 Å². The molecule has 0 saturated carbocycles. The summed E-state index contributed by atoms with van der Waals surface area (Å²) < 4.78 is 54.3. The SMILES string of the molecule is O=S(=O)(NCc1c(F)ccc(Cl)c1F)c1ccc(I)cc1. The fraction of sp³-hybridized carbons (Fsp3) is 0.0769. The van der Waals surface area contributed by atoms with Crippen molar-refractivity contribution >= 4 is 44.2 Å². The van der Waals surface area contributed by atoms with Crippen LogP contribution in [0.3, 0.4) is 0 Å². The Kier molecular flexibility index (Phi) is 5.18. The standard InChI is InChI=1S/C13H9ClF2INO2S/c14-11-5-6-12(15)10(13(11)16)7-18-21(19,20)9-3-1-8(17)2-4-9/h1-6,18H,7H2. The Bertz CT molecular complexity index is 766. The molecule has 21 heavy (non-hydrogen) atoms. The van der Waals surface area contributed by atoms with E-state index in [4.69, 9.17) is 11.6 Å². The zero-order valence-corrected chi connectivity index (χ0v) is 14.1. The van der Waals surface area contributed by atoms with Gasteiger partial charge in [0.1, 0.15) is 11.6 Å². The Labute approximate surface area is 139 Å². The molecule has 0 saturated heterocycles. The highest BCUT2D eigenvalue weighted by atomic mass is 127. The Morgan fingerprint density at radius 2 is 1.71 bits per heavy atom. The van der Waals surface area contributed by atoms with Crippen molar-refractivity contribution in [3.05, 3.63) is 62.2 Å². The molecule has 2 rings (SSSR count). The summed E-state index contributed by atoms with van der Waals surface area (Å²) in [4.78, 5) is 0.0192. The number of nitrogens with one attached hydrogen (secondary N) is 1. The molecule has 3 nitrogen and oxygen atoms in total. The summed E-state index contributed by atoms with van der Waals surface area (Å²) in [6.07, 6.45) is 0. The molecule has 2 aromatic carbocycles. The van der Waals surface area contributed by atoms with E-state index >= 15 is 0 Å². The molecule has 112 valence electrons. The molecule has 2 aromatic rings. The molecule has 0 aromatic heterocycles. The van der Waals surface area contributed by atoms with Gasteiger partial charge in [0, 0.05) is 15.7 Å². The molecule has 1 N–H and O–H groups in total. The van der Waals surface area contributed by atoms with Gasteiger partial charge in [-0.1, -0.05) is 11.6 Å². The molecule has 0 radical (unpaired) electrons. The van der Waals surface area contributed by atoms with Crippen LogP contribution < -0.4 is 4.72 Å². The lowest BCUT2D eigenvalue weighted by atomic mass is 10.2. The minimum atomic E-state index is -3.85. The van der Waals surface area contributed by atoms with Gasteiger partial charge in [-0.2, -0.15) is 0 Å². The van der Waals surface area contributed by atoms with E-state index in [1.54, 1.807) is 12.1 Å². The second-order valence-corrected chi connectivity index (χ2v) is 7.52. The molecule has 8 heteroatoms. The first-order valence-electron chi connectivity index (χ1n) is 5.69. The summed E-state index contributed by atoms with van der Waals surface area (Å²) in [7, 11) is -3.85. The molecule has 0 unspecified atom stereocenters. The number of benzene rings is 2. The Morgan fingerprint density at radius 3 is 2.33 bits per heavy atom. The van der Waals surface area contributed by atoms with E-state index in [0.29, 0.717) is 0 Å². The van der Waals surface area contributed by atoms with Gasteiger partial charge in [0.25, 0.3) is 0 Å². The fourth-order valence-electron chi connectivity index (χ4n) is 1.60. The third-order valence-electron chi connectivity index (χ3n) is 2.70.